The fourth-order valence-electron chi connectivity index (χ4n) is 1.04. The van der Waals surface area contributed by atoms with E-state index in [4.69, 9.17) is 19.6 Å². The molecule has 9 heteroatoms. The summed E-state index contributed by atoms with van der Waals surface area (Å²) in [6.45, 7) is 3.39. The van der Waals surface area contributed by atoms with Crippen LogP contribution in [0.2, 0.25) is 0 Å². The molecule has 7 nitrogen and oxygen atoms in total. The average molecular weight is 248 g/mol. The van der Waals surface area contributed by atoms with Crippen molar-refractivity contribution in [2.45, 2.75) is 25.9 Å². The molecule has 0 aliphatic heterocycles. The summed E-state index contributed by atoms with van der Waals surface area (Å²) in [5.74, 6) is 0. The minimum Gasteiger partial charge on any atom is -0.367 e. The van der Waals surface area contributed by atoms with Gasteiger partial charge in [-0.3, -0.25) is 9.13 Å². The average Bonchev–Trinajstić information content (AvgIpc) is 1.77. The highest BCUT2D eigenvalue weighted by atomic mass is 31.2. The molecule has 0 aromatic carbocycles. The van der Waals surface area contributed by atoms with Crippen LogP contribution >= 0.6 is 15.2 Å². The zero-order chi connectivity index (χ0) is 12.0. The van der Waals surface area contributed by atoms with Crippen LogP contribution in [0.1, 0.15) is 20.8 Å². The van der Waals surface area contributed by atoms with Gasteiger partial charge in [-0.05, 0) is 0 Å². The van der Waals surface area contributed by atoms with Crippen molar-refractivity contribution in [2.75, 3.05) is 0 Å². The summed E-state index contributed by atoms with van der Waals surface area (Å²) in [6.07, 6.45) is 0. The predicted octanol–water partition coefficient (Wildman–Crippen LogP) is 0.0340. The quantitative estimate of drug-likeness (QED) is 0.435. The summed E-state index contributed by atoms with van der Waals surface area (Å²) >= 11 is 0. The Morgan fingerprint density at radius 3 is 1.07 bits per heavy atom. The highest BCUT2D eigenvalue weighted by molar-refractivity contribution is 7.72. The fraction of sp³-hybridized carbons (Fsp3) is 1.00. The third-order valence-corrected chi connectivity index (χ3v) is 6.35. The highest BCUT2D eigenvalue weighted by Crippen LogP contribution is 2.73. The molecule has 0 aliphatic rings. The molecule has 0 aliphatic carbocycles. The second-order valence-corrected chi connectivity index (χ2v) is 7.80. The topological polar surface area (TPSA) is 135 Å². The summed E-state index contributed by atoms with van der Waals surface area (Å²) in [7, 11) is -10.7. The monoisotopic (exact) mass is 248 g/mol. The fourth-order valence-corrected chi connectivity index (χ4v) is 4.15. The van der Waals surface area contributed by atoms with Crippen molar-refractivity contribution in [3.63, 3.8) is 0 Å². The lowest BCUT2D eigenvalue weighted by atomic mass is 9.98. The van der Waals surface area contributed by atoms with Gasteiger partial charge < -0.3 is 24.7 Å². The van der Waals surface area contributed by atoms with Crippen LogP contribution in [0.25, 0.3) is 0 Å². The second kappa shape index (κ2) is 3.39. The van der Waals surface area contributed by atoms with E-state index in [-0.39, 0.29) is 0 Å². The Kier molecular flexibility index (Phi) is 3.45. The zero-order valence-corrected chi connectivity index (χ0v) is 9.74. The van der Waals surface area contributed by atoms with E-state index in [1.807, 2.05) is 0 Å². The van der Waals surface area contributed by atoms with E-state index in [2.05, 4.69) is 0 Å². The third-order valence-electron chi connectivity index (χ3n) is 1.82. The van der Waals surface area contributed by atoms with Crippen LogP contribution in [0.15, 0.2) is 0 Å². The van der Waals surface area contributed by atoms with E-state index in [0.29, 0.717) is 0 Å². The van der Waals surface area contributed by atoms with Crippen molar-refractivity contribution in [3.8, 4) is 0 Å². The summed E-state index contributed by atoms with van der Waals surface area (Å²) in [6, 6.07) is 0. The number of hydrogen-bond acceptors (Lipinski definition) is 3. The molecule has 0 heterocycles. The number of rotatable bonds is 2. The molecule has 0 rings (SSSR count). The van der Waals surface area contributed by atoms with Crippen LogP contribution in [-0.4, -0.2) is 29.8 Å². The summed E-state index contributed by atoms with van der Waals surface area (Å²) < 4.78 is 21.8. The van der Waals surface area contributed by atoms with Crippen molar-refractivity contribution in [1.82, 2.24) is 0 Å². The number of hydrogen-bond donors (Lipinski definition) is 5. The molecule has 0 fully saturated rings. The van der Waals surface area contributed by atoms with Crippen LogP contribution in [-0.2, 0) is 9.13 Å². The van der Waals surface area contributed by atoms with Gasteiger partial charge >= 0.3 is 15.2 Å². The molecule has 5 N–H and O–H groups in total. The van der Waals surface area contributed by atoms with Gasteiger partial charge in [-0.25, -0.2) is 0 Å². The molecule has 86 valence electrons. The van der Waals surface area contributed by atoms with Crippen molar-refractivity contribution in [2.24, 2.45) is 5.41 Å². The lowest BCUT2D eigenvalue weighted by Gasteiger charge is -2.39. The molecule has 0 atom stereocenters. The second-order valence-electron chi connectivity index (χ2n) is 3.97. The Morgan fingerprint density at radius 2 is 1.07 bits per heavy atom. The molecule has 0 aromatic heterocycles. The van der Waals surface area contributed by atoms with Crippen LogP contribution in [0.5, 0.6) is 0 Å². The molecular weight excluding hydrogens is 234 g/mol. The lowest BCUT2D eigenvalue weighted by molar-refractivity contribution is 0.0416. The van der Waals surface area contributed by atoms with Crippen LogP contribution < -0.4 is 0 Å². The molecule has 0 saturated heterocycles. The van der Waals surface area contributed by atoms with E-state index in [0.717, 1.165) is 20.8 Å². The SMILES string of the molecule is CC(C)(C)C(O)(P(=O)(O)O)P(=O)(O)O. The van der Waals surface area contributed by atoms with Crippen LogP contribution in [0.3, 0.4) is 0 Å². The molecule has 0 bridgehead atoms. The maximum atomic E-state index is 10.9. The smallest absolute Gasteiger partial charge is 0.367 e. The predicted molar refractivity (Wildman–Crippen MR) is 48.5 cm³/mol. The van der Waals surface area contributed by atoms with Gasteiger partial charge in [-0.1, -0.05) is 20.8 Å². The van der Waals surface area contributed by atoms with Crippen molar-refractivity contribution < 1.29 is 33.8 Å². The first-order valence-electron chi connectivity index (χ1n) is 3.59. The molecular formula is C5H14O7P2. The molecule has 0 aromatic rings. The van der Waals surface area contributed by atoms with Crippen molar-refractivity contribution in [3.05, 3.63) is 0 Å². The Bertz CT molecular complexity index is 283. The van der Waals surface area contributed by atoms with Crippen molar-refractivity contribution in [1.29, 1.82) is 0 Å². The van der Waals surface area contributed by atoms with Gasteiger partial charge in [0.2, 0.25) is 0 Å². The van der Waals surface area contributed by atoms with Gasteiger partial charge in [-0.2, -0.15) is 0 Å². The summed E-state index contributed by atoms with van der Waals surface area (Å²) in [4.78, 5) is 35.1. The van der Waals surface area contributed by atoms with E-state index in [1.54, 1.807) is 0 Å². The largest absolute Gasteiger partial charge is 0.370 e. The standard InChI is InChI=1S/C5H14O7P2/c1-4(2,3)5(6,13(7,8)9)14(10,11)12/h6H,1-3H3,(H2,7,8,9)(H2,10,11,12). The third kappa shape index (κ3) is 2.09. The zero-order valence-electron chi connectivity index (χ0n) is 7.95. The Labute approximate surface area is 81.1 Å². The molecule has 0 amide bonds. The Morgan fingerprint density at radius 1 is 0.857 bits per heavy atom. The Hall–Kier alpha value is 0.260. The normalized spacial score (nSPS) is 15.7. The first-order chi connectivity index (χ1) is 5.75. The molecule has 0 spiro atoms. The molecule has 0 radical (unpaired) electrons. The highest BCUT2D eigenvalue weighted by Gasteiger charge is 2.66. The molecule has 14 heavy (non-hydrogen) atoms. The van der Waals surface area contributed by atoms with Gasteiger partial charge in [0.15, 0.2) is 0 Å². The minimum absolute atomic E-state index is 1.13. The van der Waals surface area contributed by atoms with Gasteiger partial charge in [0.1, 0.15) is 0 Å². The first-order valence-corrected chi connectivity index (χ1v) is 6.81. The first kappa shape index (κ1) is 14.3. The van der Waals surface area contributed by atoms with Gasteiger partial charge in [-0.15, -0.1) is 0 Å². The van der Waals surface area contributed by atoms with E-state index in [1.165, 1.54) is 0 Å². The molecule has 0 saturated carbocycles. The van der Waals surface area contributed by atoms with E-state index < -0.39 is 25.7 Å². The van der Waals surface area contributed by atoms with Crippen LogP contribution in [0, 0.1) is 5.41 Å². The van der Waals surface area contributed by atoms with Crippen LogP contribution in [0.4, 0.5) is 0 Å². The van der Waals surface area contributed by atoms with Gasteiger partial charge in [0, 0.05) is 5.41 Å². The van der Waals surface area contributed by atoms with Gasteiger partial charge in [0.05, 0.1) is 0 Å². The Balaban J connectivity index is 5.81. The maximum absolute atomic E-state index is 10.9. The van der Waals surface area contributed by atoms with Crippen molar-refractivity contribution >= 4 is 15.2 Å². The van der Waals surface area contributed by atoms with E-state index in [9.17, 15) is 14.2 Å². The molecule has 0 unspecified atom stereocenters. The minimum atomic E-state index is -5.34. The lowest BCUT2D eigenvalue weighted by Crippen LogP contribution is -2.42. The maximum Gasteiger partial charge on any atom is 0.370 e. The van der Waals surface area contributed by atoms with E-state index >= 15 is 0 Å². The summed E-state index contributed by atoms with van der Waals surface area (Å²) in [5.41, 5.74) is -1.65. The summed E-state index contributed by atoms with van der Waals surface area (Å²) in [5, 5.41) is 6.14. The number of aliphatic hydroxyl groups is 1. The van der Waals surface area contributed by atoms with Gasteiger partial charge in [0.25, 0.3) is 5.08 Å².